The maximum Gasteiger partial charge on any atom is 0.132 e. The van der Waals surface area contributed by atoms with E-state index in [0.29, 0.717) is 6.42 Å². The number of aliphatic hydroxyl groups excluding tert-OH is 1. The van der Waals surface area contributed by atoms with Crippen LogP contribution in [0, 0.1) is 13.8 Å². The van der Waals surface area contributed by atoms with E-state index in [4.69, 9.17) is 5.11 Å². The molecule has 0 fully saturated rings. The number of benzene rings is 1. The monoisotopic (exact) mass is 308 g/mol. The van der Waals surface area contributed by atoms with Crippen molar-refractivity contribution in [2.75, 3.05) is 6.61 Å². The minimum absolute atomic E-state index is 0.115. The van der Waals surface area contributed by atoms with Crippen molar-refractivity contribution in [2.45, 2.75) is 20.3 Å². The van der Waals surface area contributed by atoms with Crippen LogP contribution >= 0.6 is 15.9 Å². The fourth-order valence-corrected chi connectivity index (χ4v) is 2.89. The van der Waals surface area contributed by atoms with Crippen molar-refractivity contribution in [3.8, 4) is 11.3 Å². The summed E-state index contributed by atoms with van der Waals surface area (Å²) in [5.41, 5.74) is 4.72. The van der Waals surface area contributed by atoms with E-state index in [-0.39, 0.29) is 6.61 Å². The van der Waals surface area contributed by atoms with Gasteiger partial charge in [-0.2, -0.15) is 0 Å². The summed E-state index contributed by atoms with van der Waals surface area (Å²) >= 11 is 3.51. The third-order valence-corrected chi connectivity index (χ3v) is 3.67. The summed E-state index contributed by atoms with van der Waals surface area (Å²) in [6, 6.07) is 6.39. The van der Waals surface area contributed by atoms with Gasteiger partial charge in [0.15, 0.2) is 0 Å². The number of rotatable bonds is 3. The highest BCUT2D eigenvalue weighted by atomic mass is 79.9. The molecular formula is C14H17BrN2O. The van der Waals surface area contributed by atoms with E-state index < -0.39 is 0 Å². The van der Waals surface area contributed by atoms with Crippen molar-refractivity contribution in [2.24, 2.45) is 7.05 Å². The SMILES string of the molecule is Cc1ccc(-c2c(Br)nc(CCO)n2C)c(C)c1. The van der Waals surface area contributed by atoms with Crippen LogP contribution in [-0.4, -0.2) is 21.3 Å². The second kappa shape index (κ2) is 5.24. The van der Waals surface area contributed by atoms with Crippen molar-refractivity contribution < 1.29 is 5.11 Å². The molecule has 4 heteroatoms. The first kappa shape index (κ1) is 13.3. The molecule has 1 heterocycles. The highest BCUT2D eigenvalue weighted by Gasteiger charge is 2.15. The third kappa shape index (κ3) is 2.35. The molecule has 0 atom stereocenters. The fourth-order valence-electron chi connectivity index (χ4n) is 2.20. The van der Waals surface area contributed by atoms with Crippen molar-refractivity contribution in [3.05, 3.63) is 39.8 Å². The molecule has 3 nitrogen and oxygen atoms in total. The molecule has 0 amide bonds. The van der Waals surface area contributed by atoms with E-state index >= 15 is 0 Å². The van der Waals surface area contributed by atoms with Gasteiger partial charge in [0.2, 0.25) is 0 Å². The second-order valence-electron chi connectivity index (χ2n) is 4.52. The number of imidazole rings is 1. The number of halogens is 1. The van der Waals surface area contributed by atoms with E-state index in [1.54, 1.807) is 0 Å². The molecule has 1 N–H and O–H groups in total. The van der Waals surface area contributed by atoms with Crippen LogP contribution in [0.4, 0.5) is 0 Å². The maximum atomic E-state index is 9.04. The third-order valence-electron chi connectivity index (χ3n) is 3.12. The molecule has 0 saturated heterocycles. The largest absolute Gasteiger partial charge is 0.396 e. The van der Waals surface area contributed by atoms with Gasteiger partial charge < -0.3 is 9.67 Å². The van der Waals surface area contributed by atoms with E-state index in [0.717, 1.165) is 16.1 Å². The van der Waals surface area contributed by atoms with Crippen molar-refractivity contribution >= 4 is 15.9 Å². The number of nitrogens with zero attached hydrogens (tertiary/aromatic N) is 2. The van der Waals surface area contributed by atoms with Crippen LogP contribution < -0.4 is 0 Å². The molecule has 2 aromatic rings. The summed E-state index contributed by atoms with van der Waals surface area (Å²) in [5.74, 6) is 0.888. The highest BCUT2D eigenvalue weighted by Crippen LogP contribution is 2.31. The summed E-state index contributed by atoms with van der Waals surface area (Å²) in [7, 11) is 1.98. The Kier molecular flexibility index (Phi) is 3.88. The van der Waals surface area contributed by atoms with Gasteiger partial charge in [0.05, 0.1) is 12.3 Å². The van der Waals surface area contributed by atoms with Crippen LogP contribution in [0.3, 0.4) is 0 Å². The molecule has 0 aliphatic rings. The molecule has 0 saturated carbocycles. The average molecular weight is 309 g/mol. The van der Waals surface area contributed by atoms with E-state index in [1.807, 2.05) is 11.6 Å². The summed E-state index contributed by atoms with van der Waals surface area (Å²) in [4.78, 5) is 4.46. The summed E-state index contributed by atoms with van der Waals surface area (Å²) in [5, 5.41) is 9.04. The molecule has 0 radical (unpaired) electrons. The van der Waals surface area contributed by atoms with Gasteiger partial charge in [0.25, 0.3) is 0 Å². The molecule has 0 aliphatic carbocycles. The zero-order valence-electron chi connectivity index (χ0n) is 10.9. The zero-order valence-corrected chi connectivity index (χ0v) is 12.5. The Balaban J connectivity index is 2.56. The first-order valence-electron chi connectivity index (χ1n) is 5.94. The van der Waals surface area contributed by atoms with Gasteiger partial charge >= 0.3 is 0 Å². The molecule has 2 rings (SSSR count). The van der Waals surface area contributed by atoms with Crippen LogP contribution in [-0.2, 0) is 13.5 Å². The molecule has 18 heavy (non-hydrogen) atoms. The highest BCUT2D eigenvalue weighted by molar-refractivity contribution is 9.10. The quantitative estimate of drug-likeness (QED) is 0.946. The second-order valence-corrected chi connectivity index (χ2v) is 5.27. The van der Waals surface area contributed by atoms with E-state index in [1.165, 1.54) is 16.7 Å². The van der Waals surface area contributed by atoms with Crippen LogP contribution in [0.15, 0.2) is 22.8 Å². The first-order chi connectivity index (χ1) is 8.54. The number of hydrogen-bond acceptors (Lipinski definition) is 2. The van der Waals surface area contributed by atoms with Crippen molar-refractivity contribution in [3.63, 3.8) is 0 Å². The molecular weight excluding hydrogens is 292 g/mol. The molecule has 96 valence electrons. The Labute approximate surface area is 116 Å². The topological polar surface area (TPSA) is 38.1 Å². The number of aryl methyl sites for hydroxylation is 2. The molecule has 1 aromatic heterocycles. The summed E-state index contributed by atoms with van der Waals surface area (Å²) < 4.78 is 2.87. The van der Waals surface area contributed by atoms with Crippen molar-refractivity contribution in [1.82, 2.24) is 9.55 Å². The molecule has 0 aliphatic heterocycles. The Hall–Kier alpha value is -1.13. The Morgan fingerprint density at radius 3 is 2.67 bits per heavy atom. The number of aliphatic hydroxyl groups is 1. The summed E-state index contributed by atoms with van der Waals surface area (Å²) in [6.45, 7) is 4.31. The van der Waals surface area contributed by atoms with E-state index in [2.05, 4.69) is 53.0 Å². The van der Waals surface area contributed by atoms with Gasteiger partial charge in [0.1, 0.15) is 10.4 Å². The van der Waals surface area contributed by atoms with Gasteiger partial charge in [0, 0.05) is 19.0 Å². The maximum absolute atomic E-state index is 9.04. The number of aromatic nitrogens is 2. The van der Waals surface area contributed by atoms with Gasteiger partial charge in [-0.25, -0.2) is 4.98 Å². The Morgan fingerprint density at radius 2 is 2.06 bits per heavy atom. The minimum atomic E-state index is 0.115. The van der Waals surface area contributed by atoms with Crippen molar-refractivity contribution in [1.29, 1.82) is 0 Å². The zero-order chi connectivity index (χ0) is 13.3. The van der Waals surface area contributed by atoms with E-state index in [9.17, 15) is 0 Å². The van der Waals surface area contributed by atoms with Crippen LogP contribution in [0.1, 0.15) is 17.0 Å². The van der Waals surface area contributed by atoms with Gasteiger partial charge in [-0.1, -0.05) is 23.8 Å². The van der Waals surface area contributed by atoms with Crippen LogP contribution in [0.2, 0.25) is 0 Å². The lowest BCUT2D eigenvalue weighted by Crippen LogP contribution is -2.02. The van der Waals surface area contributed by atoms with Crippen LogP contribution in [0.5, 0.6) is 0 Å². The predicted octanol–water partition coefficient (Wildman–Crippen LogP) is 3.00. The molecule has 0 bridgehead atoms. The molecule has 0 spiro atoms. The smallest absolute Gasteiger partial charge is 0.132 e. The molecule has 0 unspecified atom stereocenters. The van der Waals surface area contributed by atoms with Gasteiger partial charge in [-0.15, -0.1) is 0 Å². The lowest BCUT2D eigenvalue weighted by molar-refractivity contribution is 0.295. The lowest BCUT2D eigenvalue weighted by atomic mass is 10.0. The Morgan fingerprint density at radius 1 is 1.33 bits per heavy atom. The molecule has 1 aromatic carbocycles. The first-order valence-corrected chi connectivity index (χ1v) is 6.73. The lowest BCUT2D eigenvalue weighted by Gasteiger charge is -2.09. The Bertz CT molecular complexity index is 575. The minimum Gasteiger partial charge on any atom is -0.396 e. The normalized spacial score (nSPS) is 10.9. The fraction of sp³-hybridized carbons (Fsp3) is 0.357. The average Bonchev–Trinajstić information content (AvgIpc) is 2.56. The van der Waals surface area contributed by atoms with Gasteiger partial charge in [-0.05, 0) is 35.3 Å². The predicted molar refractivity (Wildman–Crippen MR) is 76.6 cm³/mol. The number of hydrogen-bond donors (Lipinski definition) is 1. The standard InChI is InChI=1S/C14H17BrN2O/c1-9-4-5-11(10(2)8-9)13-14(15)16-12(6-7-18)17(13)3/h4-5,8,18H,6-7H2,1-3H3. The van der Waals surface area contributed by atoms with Gasteiger partial charge in [-0.3, -0.25) is 0 Å². The summed E-state index contributed by atoms with van der Waals surface area (Å²) in [6.07, 6.45) is 0.569. The van der Waals surface area contributed by atoms with Crippen LogP contribution in [0.25, 0.3) is 11.3 Å².